The van der Waals surface area contributed by atoms with Crippen LogP contribution in [0.15, 0.2) is 13.9 Å². The van der Waals surface area contributed by atoms with Crippen LogP contribution in [0.2, 0.25) is 0 Å². The summed E-state index contributed by atoms with van der Waals surface area (Å²) in [5, 5.41) is 11.9. The molecular weight excluding hydrogens is 442 g/mol. The molecule has 4 N–H and O–H groups in total. The van der Waals surface area contributed by atoms with E-state index in [0.29, 0.717) is 16.0 Å². The molecule has 31 heavy (non-hydrogen) atoms. The van der Waals surface area contributed by atoms with Crippen molar-refractivity contribution in [1.82, 2.24) is 19.7 Å². The summed E-state index contributed by atoms with van der Waals surface area (Å²) in [4.78, 5) is 41.3. The fourth-order valence-corrected chi connectivity index (χ4v) is 4.48. The molecule has 0 spiro atoms. The second kappa shape index (κ2) is 11.3. The van der Waals surface area contributed by atoms with Crippen molar-refractivity contribution >= 4 is 45.6 Å². The molecule has 0 radical (unpaired) electrons. The third-order valence-corrected chi connectivity index (χ3v) is 5.96. The topological polar surface area (TPSA) is 148 Å². The predicted molar refractivity (Wildman–Crippen MR) is 124 cm³/mol. The van der Waals surface area contributed by atoms with E-state index in [4.69, 9.17) is 10.5 Å². The Morgan fingerprint density at radius 3 is 2.65 bits per heavy atom. The summed E-state index contributed by atoms with van der Waals surface area (Å²) < 4.78 is 6.99. The molecule has 0 atom stereocenters. The summed E-state index contributed by atoms with van der Waals surface area (Å²) in [6.45, 7) is 8.44. The van der Waals surface area contributed by atoms with Crippen molar-refractivity contribution in [3.05, 3.63) is 20.8 Å². The molecule has 2 aromatic rings. The average Bonchev–Trinajstić information content (AvgIpc) is 3.12. The Bertz CT molecular complexity index is 1000. The normalized spacial score (nSPS) is 11.3. The van der Waals surface area contributed by atoms with Crippen molar-refractivity contribution in [2.45, 2.75) is 44.6 Å². The zero-order valence-corrected chi connectivity index (χ0v) is 19.9. The van der Waals surface area contributed by atoms with E-state index in [1.165, 1.54) is 39.7 Å². The Morgan fingerprint density at radius 1 is 1.32 bits per heavy atom. The molecule has 0 saturated carbocycles. The van der Waals surface area contributed by atoms with Crippen LogP contribution in [0.3, 0.4) is 0 Å². The van der Waals surface area contributed by atoms with E-state index in [9.17, 15) is 14.4 Å². The lowest BCUT2D eigenvalue weighted by Crippen LogP contribution is -2.43. The van der Waals surface area contributed by atoms with Gasteiger partial charge in [-0.3, -0.25) is 19.1 Å². The van der Waals surface area contributed by atoms with E-state index in [1.54, 1.807) is 0 Å². The van der Waals surface area contributed by atoms with Crippen molar-refractivity contribution < 1.29 is 9.53 Å². The first-order valence-corrected chi connectivity index (χ1v) is 11.6. The summed E-state index contributed by atoms with van der Waals surface area (Å²) in [7, 11) is 1.50. The number of nitrogens with one attached hydrogen (secondary N) is 2. The van der Waals surface area contributed by atoms with Gasteiger partial charge in [-0.15, -0.1) is 10.2 Å². The van der Waals surface area contributed by atoms with E-state index in [2.05, 4.69) is 20.5 Å². The van der Waals surface area contributed by atoms with Crippen LogP contribution in [-0.4, -0.2) is 57.7 Å². The van der Waals surface area contributed by atoms with E-state index in [1.807, 2.05) is 27.7 Å². The van der Waals surface area contributed by atoms with Crippen molar-refractivity contribution in [3.63, 3.8) is 0 Å². The molecule has 0 fully saturated rings. The van der Waals surface area contributed by atoms with E-state index in [-0.39, 0.29) is 48.3 Å². The van der Waals surface area contributed by atoms with E-state index >= 15 is 0 Å². The molecule has 2 heterocycles. The number of carbonyl (C=O) groups excluding carboxylic acids is 1. The lowest BCUT2D eigenvalue weighted by Gasteiger charge is -2.24. The Balaban J connectivity index is 2.28. The van der Waals surface area contributed by atoms with Gasteiger partial charge < -0.3 is 20.7 Å². The monoisotopic (exact) mass is 471 g/mol. The number of H-pyrrole nitrogens is 1. The third-order valence-electron chi connectivity index (χ3n) is 3.99. The molecule has 11 nitrogen and oxygen atoms in total. The number of anilines is 3. The number of hydrogen-bond donors (Lipinski definition) is 3. The molecule has 2 aromatic heterocycles. The maximum Gasteiger partial charge on any atom is 0.330 e. The summed E-state index contributed by atoms with van der Waals surface area (Å²) in [6.07, 6.45) is 0. The first-order chi connectivity index (χ1) is 14.6. The van der Waals surface area contributed by atoms with Gasteiger partial charge in [0, 0.05) is 26.2 Å². The maximum absolute atomic E-state index is 13.0. The van der Waals surface area contributed by atoms with Gasteiger partial charge in [-0.05, 0) is 19.8 Å². The van der Waals surface area contributed by atoms with Crippen LogP contribution >= 0.6 is 23.1 Å². The fourth-order valence-electron chi connectivity index (χ4n) is 2.70. The summed E-state index contributed by atoms with van der Waals surface area (Å²) in [6, 6.07) is 0.216. The minimum Gasteiger partial charge on any atom is -0.383 e. The molecule has 0 aliphatic heterocycles. The maximum atomic E-state index is 13.0. The fraction of sp³-hybridized carbons (Fsp3) is 0.611. The Kier molecular flexibility index (Phi) is 9.07. The highest BCUT2D eigenvalue weighted by molar-refractivity contribution is 8.01. The molecule has 172 valence electrons. The van der Waals surface area contributed by atoms with Gasteiger partial charge in [0.15, 0.2) is 10.0 Å². The number of carbonyl (C=O) groups is 1. The number of methoxy groups -OCH3 is 1. The number of nitrogen functional groups attached to an aromatic ring is 1. The highest BCUT2D eigenvalue weighted by Gasteiger charge is 2.25. The molecule has 0 unspecified atom stereocenters. The zero-order valence-electron chi connectivity index (χ0n) is 18.3. The second-order valence-electron chi connectivity index (χ2n) is 7.50. The number of aromatic nitrogens is 4. The van der Waals surface area contributed by atoms with Crippen molar-refractivity contribution in [2.75, 3.05) is 42.0 Å². The van der Waals surface area contributed by atoms with Crippen LogP contribution < -0.4 is 27.2 Å². The van der Waals surface area contributed by atoms with E-state index in [0.717, 1.165) is 0 Å². The highest BCUT2D eigenvalue weighted by Crippen LogP contribution is 2.27. The SMILES string of the molecule is COCCN(C(=O)CSc1nnc(NC(C)C)s1)c1c(N)n(CC(C)C)c(=O)[nH]c1=O. The molecular formula is C18H29N7O4S2. The van der Waals surface area contributed by atoms with Crippen LogP contribution in [0.4, 0.5) is 16.6 Å². The second-order valence-corrected chi connectivity index (χ2v) is 9.70. The van der Waals surface area contributed by atoms with Gasteiger partial charge in [0.25, 0.3) is 5.56 Å². The molecule has 0 bridgehead atoms. The number of amides is 1. The van der Waals surface area contributed by atoms with Gasteiger partial charge in [0.1, 0.15) is 5.82 Å². The van der Waals surface area contributed by atoms with Crippen LogP contribution in [0, 0.1) is 5.92 Å². The Morgan fingerprint density at radius 2 is 2.03 bits per heavy atom. The number of ether oxygens (including phenoxy) is 1. The van der Waals surface area contributed by atoms with E-state index < -0.39 is 11.2 Å². The number of aromatic amines is 1. The van der Waals surface area contributed by atoms with Gasteiger partial charge in [-0.2, -0.15) is 0 Å². The molecule has 0 aliphatic rings. The minimum atomic E-state index is -0.712. The average molecular weight is 472 g/mol. The summed E-state index contributed by atoms with van der Waals surface area (Å²) >= 11 is 2.56. The van der Waals surface area contributed by atoms with Crippen LogP contribution in [-0.2, 0) is 16.1 Å². The molecule has 0 aliphatic carbocycles. The first kappa shape index (κ1) is 24.9. The van der Waals surface area contributed by atoms with Gasteiger partial charge in [-0.1, -0.05) is 36.9 Å². The Labute approximate surface area is 188 Å². The zero-order chi connectivity index (χ0) is 23.1. The number of nitrogens with two attached hydrogens (primary N) is 1. The van der Waals surface area contributed by atoms with Gasteiger partial charge in [0.05, 0.1) is 12.4 Å². The van der Waals surface area contributed by atoms with Gasteiger partial charge in [0.2, 0.25) is 11.0 Å². The Hall–Kier alpha value is -2.38. The number of nitrogens with zero attached hydrogens (tertiary/aromatic N) is 4. The van der Waals surface area contributed by atoms with Crippen LogP contribution in [0.25, 0.3) is 0 Å². The van der Waals surface area contributed by atoms with Gasteiger partial charge >= 0.3 is 5.69 Å². The highest BCUT2D eigenvalue weighted by atomic mass is 32.2. The molecule has 13 heteroatoms. The third kappa shape index (κ3) is 6.80. The van der Waals surface area contributed by atoms with Crippen molar-refractivity contribution in [2.24, 2.45) is 5.92 Å². The van der Waals surface area contributed by atoms with Crippen LogP contribution in [0.5, 0.6) is 0 Å². The molecule has 0 saturated heterocycles. The van der Waals surface area contributed by atoms with Crippen molar-refractivity contribution in [1.29, 1.82) is 0 Å². The first-order valence-electron chi connectivity index (χ1n) is 9.78. The predicted octanol–water partition coefficient (Wildman–Crippen LogP) is 1.22. The summed E-state index contributed by atoms with van der Waals surface area (Å²) in [5.74, 6) is -0.273. The summed E-state index contributed by atoms with van der Waals surface area (Å²) in [5.41, 5.74) is 4.80. The smallest absolute Gasteiger partial charge is 0.330 e. The number of hydrogen-bond acceptors (Lipinski definition) is 10. The molecule has 1 amide bonds. The van der Waals surface area contributed by atoms with Crippen molar-refractivity contribution in [3.8, 4) is 0 Å². The minimum absolute atomic E-state index is 0.0161. The largest absolute Gasteiger partial charge is 0.383 e. The van der Waals surface area contributed by atoms with Crippen LogP contribution in [0.1, 0.15) is 27.7 Å². The molecule has 0 aromatic carbocycles. The van der Waals surface area contributed by atoms with Gasteiger partial charge in [-0.25, -0.2) is 4.79 Å². The lowest BCUT2D eigenvalue weighted by atomic mass is 10.2. The number of rotatable bonds is 11. The number of thioether (sulfide) groups is 1. The quantitative estimate of drug-likeness (QED) is 0.411. The standard InChI is InChI=1S/C18H29N7O4S2/c1-10(2)8-25-14(19)13(15(27)21-17(25)28)24(6-7-29-5)12(26)9-30-18-23-22-16(31-18)20-11(3)4/h10-11H,6-9,19H2,1-5H3,(H,20,22)(H,21,27,28). The molecule has 2 rings (SSSR count). The lowest BCUT2D eigenvalue weighted by molar-refractivity contribution is -0.116.